The number of hydrogen-bond donors (Lipinski definition) is 1. The second-order valence-corrected chi connectivity index (χ2v) is 8.80. The topological polar surface area (TPSA) is 58.6 Å². The zero-order chi connectivity index (χ0) is 26.9. The van der Waals surface area contributed by atoms with Crippen molar-refractivity contribution in [1.29, 1.82) is 0 Å². The Balaban J connectivity index is 1.47. The van der Waals surface area contributed by atoms with Crippen molar-refractivity contribution in [2.75, 3.05) is 18.6 Å². The molecule has 0 atom stereocenters. The second kappa shape index (κ2) is 12.6. The number of carbonyl (C=O) groups excluding carboxylic acids is 2. The monoisotopic (exact) mass is 514 g/mol. The fraction of sp³-hybridized carbons (Fsp3) is 0.161. The molecule has 0 aromatic heterocycles. The zero-order valence-corrected chi connectivity index (χ0v) is 21.0. The van der Waals surface area contributed by atoms with Gasteiger partial charge in [0.05, 0.1) is 25.6 Å². The molecule has 4 aromatic rings. The van der Waals surface area contributed by atoms with E-state index in [2.05, 4.69) is 5.32 Å². The maximum absolute atomic E-state index is 14.5. The minimum absolute atomic E-state index is 0.120. The van der Waals surface area contributed by atoms with E-state index < -0.39 is 17.5 Å². The average molecular weight is 515 g/mol. The first-order valence-electron chi connectivity index (χ1n) is 12.2. The van der Waals surface area contributed by atoms with E-state index in [4.69, 9.17) is 4.74 Å². The molecule has 2 amide bonds. The number of carbonyl (C=O) groups is 2. The van der Waals surface area contributed by atoms with Gasteiger partial charge in [0, 0.05) is 18.3 Å². The van der Waals surface area contributed by atoms with Crippen molar-refractivity contribution in [3.8, 4) is 5.75 Å². The van der Waals surface area contributed by atoms with Crippen LogP contribution in [0.1, 0.15) is 27.0 Å². The highest BCUT2D eigenvalue weighted by atomic mass is 19.1. The third-order valence-corrected chi connectivity index (χ3v) is 6.07. The summed E-state index contributed by atoms with van der Waals surface area (Å²) in [5.41, 5.74) is 2.89. The SMILES string of the molecule is COc1ccc(CCNC(=O)Cc2cccc(N(Cc3ccccc3)C(=O)c3ccc(F)cc3F)c2)cc1. The van der Waals surface area contributed by atoms with Crippen LogP contribution in [0.25, 0.3) is 0 Å². The molecule has 7 heteroatoms. The predicted octanol–water partition coefficient (Wildman–Crippen LogP) is 5.72. The molecule has 1 N–H and O–H groups in total. The van der Waals surface area contributed by atoms with E-state index in [-0.39, 0.29) is 24.4 Å². The standard InChI is InChI=1S/C31H28F2N2O3/c1-38-27-13-10-22(11-14-27)16-17-34-30(36)19-24-8-5-9-26(18-24)35(21-23-6-3-2-4-7-23)31(37)28-15-12-25(32)20-29(28)33/h2-15,18,20H,16-17,19,21H2,1H3,(H,34,36). The van der Waals surface area contributed by atoms with Gasteiger partial charge in [0.25, 0.3) is 5.91 Å². The molecule has 5 nitrogen and oxygen atoms in total. The van der Waals surface area contributed by atoms with Crippen molar-refractivity contribution in [2.24, 2.45) is 0 Å². The number of amides is 2. The van der Waals surface area contributed by atoms with E-state index in [1.807, 2.05) is 54.6 Å². The molecule has 4 aromatic carbocycles. The largest absolute Gasteiger partial charge is 0.497 e. The summed E-state index contributed by atoms with van der Waals surface area (Å²) in [5.74, 6) is -1.66. The number of nitrogens with one attached hydrogen (secondary N) is 1. The van der Waals surface area contributed by atoms with Crippen LogP contribution in [0.15, 0.2) is 97.1 Å². The first-order valence-corrected chi connectivity index (χ1v) is 12.2. The molecule has 0 unspecified atom stereocenters. The lowest BCUT2D eigenvalue weighted by Crippen LogP contribution is -2.31. The molecule has 0 saturated carbocycles. The number of anilines is 1. The van der Waals surface area contributed by atoms with Crippen LogP contribution >= 0.6 is 0 Å². The lowest BCUT2D eigenvalue weighted by atomic mass is 10.1. The van der Waals surface area contributed by atoms with Gasteiger partial charge in [-0.3, -0.25) is 9.59 Å². The average Bonchev–Trinajstić information content (AvgIpc) is 2.92. The smallest absolute Gasteiger partial charge is 0.261 e. The third kappa shape index (κ3) is 7.03. The summed E-state index contributed by atoms with van der Waals surface area (Å²) < 4.78 is 33.1. The Labute approximate surface area is 220 Å². The van der Waals surface area contributed by atoms with E-state index in [1.165, 1.54) is 4.90 Å². The van der Waals surface area contributed by atoms with E-state index in [9.17, 15) is 18.4 Å². The highest BCUT2D eigenvalue weighted by Gasteiger charge is 2.22. The Bertz CT molecular complexity index is 1390. The van der Waals surface area contributed by atoms with Gasteiger partial charge < -0.3 is 15.0 Å². The minimum atomic E-state index is -0.930. The van der Waals surface area contributed by atoms with Gasteiger partial charge in [0.2, 0.25) is 5.91 Å². The fourth-order valence-corrected chi connectivity index (χ4v) is 4.08. The van der Waals surface area contributed by atoms with Crippen molar-refractivity contribution in [3.05, 3.63) is 131 Å². The molecule has 0 aliphatic rings. The Hall–Kier alpha value is -4.52. The summed E-state index contributed by atoms with van der Waals surface area (Å²) in [6.07, 6.45) is 0.799. The molecule has 4 rings (SSSR count). The highest BCUT2D eigenvalue weighted by molar-refractivity contribution is 6.06. The fourth-order valence-electron chi connectivity index (χ4n) is 4.08. The summed E-state index contributed by atoms with van der Waals surface area (Å²) >= 11 is 0. The van der Waals surface area contributed by atoms with Crippen molar-refractivity contribution >= 4 is 17.5 Å². The van der Waals surface area contributed by atoms with Crippen molar-refractivity contribution in [3.63, 3.8) is 0 Å². The Kier molecular flexibility index (Phi) is 8.82. The first-order chi connectivity index (χ1) is 18.4. The Morgan fingerprint density at radius 2 is 1.55 bits per heavy atom. The molecule has 38 heavy (non-hydrogen) atoms. The van der Waals surface area contributed by atoms with Gasteiger partial charge in [-0.25, -0.2) is 8.78 Å². The molecule has 0 aliphatic heterocycles. The number of benzene rings is 4. The van der Waals surface area contributed by atoms with Gasteiger partial charge in [0.1, 0.15) is 17.4 Å². The van der Waals surface area contributed by atoms with Gasteiger partial charge >= 0.3 is 0 Å². The molecule has 0 fully saturated rings. The number of ether oxygens (including phenoxy) is 1. The number of rotatable bonds is 10. The first kappa shape index (κ1) is 26.5. The predicted molar refractivity (Wildman–Crippen MR) is 143 cm³/mol. The molecule has 0 bridgehead atoms. The van der Waals surface area contributed by atoms with Gasteiger partial charge in [0.15, 0.2) is 0 Å². The molecule has 0 radical (unpaired) electrons. The van der Waals surface area contributed by atoms with Gasteiger partial charge in [-0.2, -0.15) is 0 Å². The molecule has 0 aliphatic carbocycles. The quantitative estimate of drug-likeness (QED) is 0.294. The number of nitrogens with zero attached hydrogens (tertiary/aromatic N) is 1. The van der Waals surface area contributed by atoms with E-state index in [1.54, 1.807) is 31.4 Å². The summed E-state index contributed by atoms with van der Waals surface area (Å²) in [4.78, 5) is 27.4. The van der Waals surface area contributed by atoms with E-state index >= 15 is 0 Å². The summed E-state index contributed by atoms with van der Waals surface area (Å²) in [5, 5.41) is 2.92. The van der Waals surface area contributed by atoms with Crippen LogP contribution in [0.5, 0.6) is 5.75 Å². The van der Waals surface area contributed by atoms with E-state index in [0.29, 0.717) is 30.3 Å². The maximum Gasteiger partial charge on any atom is 0.261 e. The number of methoxy groups -OCH3 is 1. The third-order valence-electron chi connectivity index (χ3n) is 6.07. The normalized spacial score (nSPS) is 10.6. The van der Waals surface area contributed by atoms with Crippen LogP contribution in [-0.4, -0.2) is 25.5 Å². The summed E-state index contributed by atoms with van der Waals surface area (Å²) in [6.45, 7) is 0.654. The van der Waals surface area contributed by atoms with Crippen LogP contribution in [0.4, 0.5) is 14.5 Å². The molecule has 194 valence electrons. The molecule has 0 heterocycles. The van der Waals surface area contributed by atoms with Gasteiger partial charge in [-0.1, -0.05) is 54.6 Å². The van der Waals surface area contributed by atoms with Crippen molar-refractivity contribution in [1.82, 2.24) is 5.32 Å². The maximum atomic E-state index is 14.5. The van der Waals surface area contributed by atoms with Crippen LogP contribution < -0.4 is 15.0 Å². The molecule has 0 spiro atoms. The van der Waals surface area contributed by atoms with Crippen LogP contribution in [0, 0.1) is 11.6 Å². The van der Waals surface area contributed by atoms with Gasteiger partial charge in [-0.15, -0.1) is 0 Å². The van der Waals surface area contributed by atoms with Crippen molar-refractivity contribution in [2.45, 2.75) is 19.4 Å². The molecule has 0 saturated heterocycles. The Morgan fingerprint density at radius 1 is 0.816 bits per heavy atom. The summed E-state index contributed by atoms with van der Waals surface area (Å²) in [7, 11) is 1.61. The van der Waals surface area contributed by atoms with Crippen molar-refractivity contribution < 1.29 is 23.1 Å². The lowest BCUT2D eigenvalue weighted by Gasteiger charge is -2.24. The lowest BCUT2D eigenvalue weighted by molar-refractivity contribution is -0.120. The number of halogens is 2. The number of hydrogen-bond acceptors (Lipinski definition) is 3. The van der Waals surface area contributed by atoms with Crippen LogP contribution in [0.3, 0.4) is 0 Å². The zero-order valence-electron chi connectivity index (χ0n) is 21.0. The van der Waals surface area contributed by atoms with E-state index in [0.717, 1.165) is 29.0 Å². The molecular formula is C31H28F2N2O3. The van der Waals surface area contributed by atoms with Crippen LogP contribution in [0.2, 0.25) is 0 Å². The summed E-state index contributed by atoms with van der Waals surface area (Å²) in [6, 6.07) is 26.9. The Morgan fingerprint density at radius 3 is 2.26 bits per heavy atom. The minimum Gasteiger partial charge on any atom is -0.497 e. The second-order valence-electron chi connectivity index (χ2n) is 8.80. The van der Waals surface area contributed by atoms with Crippen LogP contribution in [-0.2, 0) is 24.2 Å². The molecular weight excluding hydrogens is 486 g/mol. The van der Waals surface area contributed by atoms with Gasteiger partial charge in [-0.05, 0) is 59.5 Å². The highest BCUT2D eigenvalue weighted by Crippen LogP contribution is 2.23.